The van der Waals surface area contributed by atoms with E-state index in [4.69, 9.17) is 5.73 Å². The van der Waals surface area contributed by atoms with Crippen molar-refractivity contribution in [2.45, 2.75) is 9.79 Å². The molecular formula is C34H24N8NaO10S2. The van der Waals surface area contributed by atoms with Crippen molar-refractivity contribution >= 4 is 106 Å². The van der Waals surface area contributed by atoms with Crippen LogP contribution >= 0.6 is 0 Å². The van der Waals surface area contributed by atoms with Crippen molar-refractivity contribution in [3.8, 4) is 22.6 Å². The standard InChI is InChI=1S/C34H24N8O10S2.Na/c35-31-30-21(17-28(53(47,48)49)32(31)40-38-24-9-13-26(14-10-24)42(45)46)18-29(54(50,51)52)33(34(30)44)41-39-23-7-3-20(4-8-23)19-1-5-22(6-2-19)36-37-25-11-15-27(43)16-12-25;/h1-18,43-44H,35H2,(H,47,48,49)(H,50,51,52);. The number of nitro benzene ring substituents is 1. The van der Waals surface area contributed by atoms with E-state index in [9.17, 15) is 46.3 Å². The number of anilines is 1. The third-order valence-electron chi connectivity index (χ3n) is 7.66. The van der Waals surface area contributed by atoms with Crippen molar-refractivity contribution < 1.29 is 41.1 Å². The molecular weight excluding hydrogens is 768 g/mol. The summed E-state index contributed by atoms with van der Waals surface area (Å²) in [5.74, 6) is -0.821. The normalized spacial score (nSPS) is 12.1. The third kappa shape index (κ3) is 9.21. The van der Waals surface area contributed by atoms with Gasteiger partial charge in [0.25, 0.3) is 25.9 Å². The molecule has 18 nitrogen and oxygen atoms in total. The number of phenols is 2. The monoisotopic (exact) mass is 791 g/mol. The molecule has 0 bridgehead atoms. The van der Waals surface area contributed by atoms with Gasteiger partial charge in [-0.2, -0.15) is 37.3 Å². The first-order valence-corrected chi connectivity index (χ1v) is 18.0. The van der Waals surface area contributed by atoms with Crippen molar-refractivity contribution in [2.24, 2.45) is 30.7 Å². The smallest absolute Gasteiger partial charge is 0.296 e. The molecule has 0 atom stereocenters. The van der Waals surface area contributed by atoms with Crippen LogP contribution in [0.5, 0.6) is 11.5 Å². The number of phenolic OH excluding ortho intramolecular Hbond substituents is 2. The Bertz CT molecular complexity index is 2750. The number of aromatic hydroxyl groups is 2. The molecule has 0 heterocycles. The Hall–Kier alpha value is -6.00. The molecule has 0 unspecified atom stereocenters. The summed E-state index contributed by atoms with van der Waals surface area (Å²) in [4.78, 5) is 8.42. The predicted octanol–water partition coefficient (Wildman–Crippen LogP) is 8.77. The van der Waals surface area contributed by atoms with Crippen molar-refractivity contribution in [1.82, 2.24) is 0 Å². The van der Waals surface area contributed by atoms with Crippen molar-refractivity contribution in [2.75, 3.05) is 5.73 Å². The quantitative estimate of drug-likeness (QED) is 0.0218. The number of nitrogens with zero attached hydrogens (tertiary/aromatic N) is 7. The maximum atomic E-state index is 12.4. The number of nitrogens with two attached hydrogens (primary N) is 1. The van der Waals surface area contributed by atoms with Crippen LogP contribution in [0.25, 0.3) is 21.9 Å². The summed E-state index contributed by atoms with van der Waals surface area (Å²) in [6.07, 6.45) is 0. The van der Waals surface area contributed by atoms with E-state index < -0.39 is 57.8 Å². The number of fused-ring (bicyclic) bond motifs is 1. The Balaban J connectivity index is 0.00000580. The molecule has 1 radical (unpaired) electrons. The number of benzene rings is 6. The van der Waals surface area contributed by atoms with Gasteiger partial charge in [0.1, 0.15) is 26.9 Å². The summed E-state index contributed by atoms with van der Waals surface area (Å²) < 4.78 is 69.5. The molecule has 55 heavy (non-hydrogen) atoms. The van der Waals surface area contributed by atoms with Crippen molar-refractivity contribution in [3.63, 3.8) is 0 Å². The Labute approximate surface area is 333 Å². The van der Waals surface area contributed by atoms with Crippen LogP contribution in [0.1, 0.15) is 0 Å². The van der Waals surface area contributed by atoms with E-state index in [-0.39, 0.29) is 63.1 Å². The molecule has 0 fully saturated rings. The molecule has 0 aliphatic heterocycles. The summed E-state index contributed by atoms with van der Waals surface area (Å²) in [6.45, 7) is 0. The number of hydrogen-bond donors (Lipinski definition) is 5. The van der Waals surface area contributed by atoms with E-state index in [1.807, 2.05) is 12.1 Å². The molecule has 0 aromatic heterocycles. The fourth-order valence-corrected chi connectivity index (χ4v) is 6.37. The van der Waals surface area contributed by atoms with E-state index in [0.29, 0.717) is 11.4 Å². The summed E-state index contributed by atoms with van der Waals surface area (Å²) in [7, 11) is -10.2. The maximum Gasteiger partial charge on any atom is 0.296 e. The third-order valence-corrected chi connectivity index (χ3v) is 9.39. The Morgan fingerprint density at radius 2 is 0.927 bits per heavy atom. The number of rotatable bonds is 10. The molecule has 21 heteroatoms. The van der Waals surface area contributed by atoms with E-state index in [1.165, 1.54) is 24.3 Å². The Kier molecular flexibility index (Phi) is 11.8. The van der Waals surface area contributed by atoms with E-state index >= 15 is 0 Å². The van der Waals surface area contributed by atoms with Gasteiger partial charge in [0, 0.05) is 41.7 Å². The van der Waals surface area contributed by atoms with Crippen LogP contribution in [0.2, 0.25) is 0 Å². The van der Waals surface area contributed by atoms with Gasteiger partial charge in [-0.15, -0.1) is 10.2 Å². The molecule has 0 saturated heterocycles. The number of azo groups is 3. The minimum Gasteiger partial charge on any atom is -0.508 e. The van der Waals surface area contributed by atoms with Crippen LogP contribution in [0.3, 0.4) is 0 Å². The molecule has 0 aliphatic rings. The second-order valence-electron chi connectivity index (χ2n) is 11.2. The van der Waals surface area contributed by atoms with Gasteiger partial charge in [-0.05, 0) is 89.3 Å². The predicted molar refractivity (Wildman–Crippen MR) is 201 cm³/mol. The summed E-state index contributed by atoms with van der Waals surface area (Å²) in [5.41, 5.74) is 6.91. The first kappa shape index (κ1) is 40.2. The van der Waals surface area contributed by atoms with Crippen molar-refractivity contribution in [1.29, 1.82) is 0 Å². The van der Waals surface area contributed by atoms with Crippen molar-refractivity contribution in [3.05, 3.63) is 119 Å². The van der Waals surface area contributed by atoms with E-state index in [1.54, 1.807) is 48.5 Å². The van der Waals surface area contributed by atoms with Gasteiger partial charge in [0.15, 0.2) is 5.75 Å². The molecule has 6 N–H and O–H groups in total. The molecule has 0 aliphatic carbocycles. The second kappa shape index (κ2) is 16.2. The van der Waals surface area contributed by atoms with Gasteiger partial charge >= 0.3 is 0 Å². The van der Waals surface area contributed by atoms with Crippen LogP contribution in [0.4, 0.5) is 45.5 Å². The van der Waals surface area contributed by atoms with Crippen LogP contribution in [0.15, 0.2) is 150 Å². The first-order valence-electron chi connectivity index (χ1n) is 15.1. The van der Waals surface area contributed by atoms with E-state index in [0.717, 1.165) is 35.4 Å². The van der Waals surface area contributed by atoms with Gasteiger partial charge in [0.05, 0.1) is 38.7 Å². The molecule has 0 spiro atoms. The average Bonchev–Trinajstić information content (AvgIpc) is 3.13. The topological polar surface area (TPSA) is 293 Å². The zero-order valence-corrected chi connectivity index (χ0v) is 31.8. The molecule has 273 valence electrons. The minimum absolute atomic E-state index is 0. The van der Waals surface area contributed by atoms with Gasteiger partial charge in [-0.25, -0.2) is 0 Å². The second-order valence-corrected chi connectivity index (χ2v) is 14.0. The largest absolute Gasteiger partial charge is 0.508 e. The van der Waals surface area contributed by atoms with Crippen LogP contribution in [0, 0.1) is 10.1 Å². The number of nitro groups is 1. The van der Waals surface area contributed by atoms with Gasteiger partial charge in [-0.3, -0.25) is 19.2 Å². The fraction of sp³-hybridized carbons (Fsp3) is 0. The first-order chi connectivity index (χ1) is 25.6. The van der Waals surface area contributed by atoms with Gasteiger partial charge in [-0.1, -0.05) is 24.3 Å². The summed E-state index contributed by atoms with van der Waals surface area (Å²) in [5, 5.41) is 54.7. The summed E-state index contributed by atoms with van der Waals surface area (Å²) in [6, 6.07) is 26.0. The van der Waals surface area contributed by atoms with Crippen LogP contribution in [-0.2, 0) is 20.2 Å². The average molecular weight is 792 g/mol. The number of non-ortho nitro benzene ring substituents is 1. The molecule has 6 aromatic rings. The fourth-order valence-electron chi connectivity index (χ4n) is 5.04. The zero-order valence-electron chi connectivity index (χ0n) is 28.2. The Morgan fingerprint density at radius 3 is 1.35 bits per heavy atom. The number of nitrogen functional groups attached to an aromatic ring is 1. The molecule has 0 amide bonds. The molecule has 0 saturated carbocycles. The van der Waals surface area contributed by atoms with Crippen LogP contribution < -0.4 is 5.73 Å². The Morgan fingerprint density at radius 1 is 0.564 bits per heavy atom. The van der Waals surface area contributed by atoms with Gasteiger partial charge < -0.3 is 15.9 Å². The minimum atomic E-state index is -5.13. The number of hydrogen-bond acceptors (Lipinski definition) is 15. The SMILES string of the molecule is Nc1c(N=Nc2ccc([N+](=O)[O-])cc2)c(S(=O)(=O)O)cc2cc(S(=O)(=O)O)c(N=Nc3ccc(-c4ccc(N=Nc5ccc(O)cc5)cc4)cc3)c(O)c12.[Na]. The summed E-state index contributed by atoms with van der Waals surface area (Å²) >= 11 is 0. The molecule has 6 aromatic carbocycles. The molecule has 6 rings (SSSR count). The van der Waals surface area contributed by atoms with E-state index in [2.05, 4.69) is 30.7 Å². The maximum absolute atomic E-state index is 12.4. The zero-order chi connectivity index (χ0) is 38.8. The van der Waals surface area contributed by atoms with Gasteiger partial charge in [0.2, 0.25) is 0 Å². The van der Waals surface area contributed by atoms with Crippen LogP contribution in [-0.4, -0.2) is 70.6 Å².